The molecule has 12 heavy (non-hydrogen) atoms. The lowest BCUT2D eigenvalue weighted by Crippen LogP contribution is -1.73. The Hall–Kier alpha value is -0.810. The van der Waals surface area contributed by atoms with Crippen LogP contribution in [-0.2, 0) is 0 Å². The lowest BCUT2D eigenvalue weighted by molar-refractivity contribution is 1.01. The van der Waals surface area contributed by atoms with Crippen molar-refractivity contribution in [3.63, 3.8) is 0 Å². The summed E-state index contributed by atoms with van der Waals surface area (Å²) in [5.41, 5.74) is 0.995. The molecule has 0 aliphatic heterocycles. The van der Waals surface area contributed by atoms with Gasteiger partial charge in [-0.1, -0.05) is 0 Å². The summed E-state index contributed by atoms with van der Waals surface area (Å²) in [6.07, 6.45) is 3.79. The van der Waals surface area contributed by atoms with E-state index >= 15 is 0 Å². The van der Waals surface area contributed by atoms with Crippen molar-refractivity contribution in [3.8, 4) is 10.7 Å². The normalized spacial score (nSPS) is 10.4. The van der Waals surface area contributed by atoms with E-state index < -0.39 is 0 Å². The smallest absolute Gasteiger partial charge is 0.141 e. The van der Waals surface area contributed by atoms with Gasteiger partial charge in [-0.05, 0) is 6.26 Å². The zero-order valence-corrected chi connectivity index (χ0v) is 8.08. The fraction of sp³-hybridized carbons (Fsp3) is 0.143. The first-order valence-electron chi connectivity index (χ1n) is 3.39. The molecule has 62 valence electrons. The SMILES string of the molecule is CSc1cc(-c2nccs2)[nH]n1. The maximum Gasteiger partial charge on any atom is 0.141 e. The molecule has 0 amide bonds. The summed E-state index contributed by atoms with van der Waals surface area (Å²) < 4.78 is 0. The van der Waals surface area contributed by atoms with Gasteiger partial charge >= 0.3 is 0 Å². The number of H-pyrrole nitrogens is 1. The molecule has 0 aromatic carbocycles. The third kappa shape index (κ3) is 1.37. The zero-order valence-electron chi connectivity index (χ0n) is 6.44. The van der Waals surface area contributed by atoms with Crippen molar-refractivity contribution in [1.29, 1.82) is 0 Å². The zero-order chi connectivity index (χ0) is 8.39. The van der Waals surface area contributed by atoms with E-state index in [0.29, 0.717) is 0 Å². The van der Waals surface area contributed by atoms with Gasteiger partial charge in [-0.25, -0.2) is 4.98 Å². The van der Waals surface area contributed by atoms with Gasteiger partial charge in [0.1, 0.15) is 10.0 Å². The predicted octanol–water partition coefficient (Wildman–Crippen LogP) is 2.26. The van der Waals surface area contributed by atoms with Gasteiger partial charge in [-0.15, -0.1) is 23.1 Å². The van der Waals surface area contributed by atoms with Crippen LogP contribution in [0, 0.1) is 0 Å². The summed E-state index contributed by atoms with van der Waals surface area (Å²) in [7, 11) is 0. The number of thioether (sulfide) groups is 1. The fourth-order valence-corrected chi connectivity index (χ4v) is 1.85. The highest BCUT2D eigenvalue weighted by atomic mass is 32.2. The molecule has 3 nitrogen and oxygen atoms in total. The lowest BCUT2D eigenvalue weighted by Gasteiger charge is -1.84. The van der Waals surface area contributed by atoms with Gasteiger partial charge in [0.05, 0.1) is 5.69 Å². The van der Waals surface area contributed by atoms with Gasteiger partial charge in [0.25, 0.3) is 0 Å². The minimum atomic E-state index is 0.989. The number of nitrogens with zero attached hydrogens (tertiary/aromatic N) is 2. The predicted molar refractivity (Wildman–Crippen MR) is 51.5 cm³/mol. The summed E-state index contributed by atoms with van der Waals surface area (Å²) in [6, 6.07) is 2.00. The van der Waals surface area contributed by atoms with Crippen molar-refractivity contribution in [1.82, 2.24) is 15.2 Å². The first kappa shape index (κ1) is 7.82. The summed E-state index contributed by atoms with van der Waals surface area (Å²) in [4.78, 5) is 4.17. The van der Waals surface area contributed by atoms with E-state index in [9.17, 15) is 0 Å². The summed E-state index contributed by atoms with van der Waals surface area (Å²) >= 11 is 3.23. The standard InChI is InChI=1S/C7H7N3S2/c1-11-6-4-5(9-10-6)7-8-2-3-12-7/h2-4H,1H3,(H,9,10). The van der Waals surface area contributed by atoms with Gasteiger partial charge in [-0.2, -0.15) is 5.10 Å². The Morgan fingerprint density at radius 1 is 1.58 bits per heavy atom. The molecular formula is C7H7N3S2. The number of aromatic nitrogens is 3. The van der Waals surface area contributed by atoms with Gasteiger partial charge in [0.15, 0.2) is 0 Å². The second-order valence-electron chi connectivity index (χ2n) is 2.16. The average Bonchev–Trinajstić information content (AvgIpc) is 2.75. The van der Waals surface area contributed by atoms with Crippen LogP contribution in [0.5, 0.6) is 0 Å². The van der Waals surface area contributed by atoms with Crippen LogP contribution < -0.4 is 0 Å². The van der Waals surface area contributed by atoms with Gasteiger partial charge in [-0.3, -0.25) is 5.10 Å². The Morgan fingerprint density at radius 3 is 3.08 bits per heavy atom. The van der Waals surface area contributed by atoms with E-state index in [1.807, 2.05) is 17.7 Å². The van der Waals surface area contributed by atoms with E-state index in [2.05, 4.69) is 15.2 Å². The number of hydrogen-bond acceptors (Lipinski definition) is 4. The molecule has 0 bridgehead atoms. The fourth-order valence-electron chi connectivity index (χ4n) is 0.874. The quantitative estimate of drug-likeness (QED) is 0.751. The highest BCUT2D eigenvalue weighted by Gasteiger charge is 2.03. The van der Waals surface area contributed by atoms with Crippen molar-refractivity contribution < 1.29 is 0 Å². The maximum absolute atomic E-state index is 4.17. The molecule has 0 saturated heterocycles. The molecule has 2 aromatic heterocycles. The van der Waals surface area contributed by atoms with E-state index in [1.165, 1.54) is 0 Å². The molecule has 1 N–H and O–H groups in total. The van der Waals surface area contributed by atoms with Gasteiger partial charge < -0.3 is 0 Å². The molecule has 0 unspecified atom stereocenters. The van der Waals surface area contributed by atoms with Crippen molar-refractivity contribution >= 4 is 23.1 Å². The molecule has 0 fully saturated rings. The molecule has 0 atom stereocenters. The van der Waals surface area contributed by atoms with Gasteiger partial charge in [0.2, 0.25) is 0 Å². The highest BCUT2D eigenvalue weighted by molar-refractivity contribution is 7.98. The molecule has 0 spiro atoms. The number of hydrogen-bond donors (Lipinski definition) is 1. The number of nitrogens with one attached hydrogen (secondary N) is 1. The molecular weight excluding hydrogens is 190 g/mol. The molecule has 0 aliphatic carbocycles. The van der Waals surface area contributed by atoms with Crippen LogP contribution >= 0.6 is 23.1 Å². The van der Waals surface area contributed by atoms with Crippen LogP contribution in [0.25, 0.3) is 10.7 Å². The molecule has 2 rings (SSSR count). The molecule has 2 heterocycles. The van der Waals surface area contributed by atoms with E-state index in [1.54, 1.807) is 29.3 Å². The van der Waals surface area contributed by atoms with Crippen molar-refractivity contribution in [2.75, 3.05) is 6.26 Å². The molecule has 0 saturated carbocycles. The van der Waals surface area contributed by atoms with Crippen molar-refractivity contribution in [2.24, 2.45) is 0 Å². The van der Waals surface area contributed by atoms with Crippen LogP contribution in [0.1, 0.15) is 0 Å². The minimum Gasteiger partial charge on any atom is -0.274 e. The Kier molecular flexibility index (Phi) is 2.14. The maximum atomic E-state index is 4.17. The Morgan fingerprint density at radius 2 is 2.50 bits per heavy atom. The summed E-state index contributed by atoms with van der Waals surface area (Å²) in [6.45, 7) is 0. The largest absolute Gasteiger partial charge is 0.274 e. The molecule has 0 aliphatic rings. The molecule has 0 radical (unpaired) electrons. The van der Waals surface area contributed by atoms with Crippen LogP contribution in [0.2, 0.25) is 0 Å². The van der Waals surface area contributed by atoms with Gasteiger partial charge in [0, 0.05) is 17.6 Å². The second-order valence-corrected chi connectivity index (χ2v) is 3.88. The molecule has 5 heteroatoms. The molecule has 2 aromatic rings. The number of rotatable bonds is 2. The van der Waals surface area contributed by atoms with E-state index in [0.717, 1.165) is 15.7 Å². The highest BCUT2D eigenvalue weighted by Crippen LogP contribution is 2.22. The Bertz CT molecular complexity index is 352. The third-order valence-electron chi connectivity index (χ3n) is 1.43. The van der Waals surface area contributed by atoms with Crippen LogP contribution in [-0.4, -0.2) is 21.4 Å². The van der Waals surface area contributed by atoms with Crippen LogP contribution in [0.15, 0.2) is 22.7 Å². The minimum absolute atomic E-state index is 0.989. The Balaban J connectivity index is 2.35. The summed E-state index contributed by atoms with van der Waals surface area (Å²) in [5.74, 6) is 0. The topological polar surface area (TPSA) is 41.6 Å². The average molecular weight is 197 g/mol. The van der Waals surface area contributed by atoms with Crippen LogP contribution in [0.3, 0.4) is 0 Å². The number of thiazole rings is 1. The van der Waals surface area contributed by atoms with E-state index in [4.69, 9.17) is 0 Å². The van der Waals surface area contributed by atoms with Crippen molar-refractivity contribution in [3.05, 3.63) is 17.6 Å². The lowest BCUT2D eigenvalue weighted by atomic mass is 10.5. The number of aromatic amines is 1. The first-order chi connectivity index (χ1) is 5.90. The van der Waals surface area contributed by atoms with Crippen molar-refractivity contribution in [2.45, 2.75) is 5.03 Å². The first-order valence-corrected chi connectivity index (χ1v) is 5.50. The monoisotopic (exact) mass is 197 g/mol. The second kappa shape index (κ2) is 3.28. The van der Waals surface area contributed by atoms with E-state index in [-0.39, 0.29) is 0 Å². The Labute approximate surface area is 78.2 Å². The van der Waals surface area contributed by atoms with Crippen LogP contribution in [0.4, 0.5) is 0 Å². The third-order valence-corrected chi connectivity index (χ3v) is 2.86. The summed E-state index contributed by atoms with van der Waals surface area (Å²) in [5, 5.41) is 11.0.